The Kier molecular flexibility index (Phi) is 8.74. The van der Waals surface area contributed by atoms with Crippen molar-refractivity contribution in [1.82, 2.24) is 4.90 Å². The Morgan fingerprint density at radius 1 is 1.00 bits per heavy atom. The first kappa shape index (κ1) is 25.5. The molecule has 1 amide bonds. The zero-order chi connectivity index (χ0) is 24.0. The monoisotopic (exact) mass is 495 g/mol. The standard InChI is InChI=1S/C25H31Cl2NO5/c1-4-31-21-13-17(14-22(32-5-2)23(21)33-6-3)24(30)28-11-9-25(16-28,10-12-29)18-7-8-19(26)20(27)15-18/h7-8,13-15,29H,4-6,9-12,16H2,1-3H3. The summed E-state index contributed by atoms with van der Waals surface area (Å²) in [6, 6.07) is 8.95. The lowest BCUT2D eigenvalue weighted by Gasteiger charge is -2.30. The quantitative estimate of drug-likeness (QED) is 0.480. The zero-order valence-corrected chi connectivity index (χ0v) is 20.8. The maximum Gasteiger partial charge on any atom is 0.254 e. The van der Waals surface area contributed by atoms with Crippen LogP contribution in [-0.4, -0.2) is 55.4 Å². The van der Waals surface area contributed by atoms with E-state index in [1.54, 1.807) is 23.1 Å². The lowest BCUT2D eigenvalue weighted by molar-refractivity contribution is 0.0778. The largest absolute Gasteiger partial charge is 0.490 e. The highest BCUT2D eigenvalue weighted by Gasteiger charge is 2.41. The molecule has 0 saturated carbocycles. The van der Waals surface area contributed by atoms with Crippen molar-refractivity contribution in [2.24, 2.45) is 0 Å². The smallest absolute Gasteiger partial charge is 0.254 e. The molecule has 180 valence electrons. The van der Waals surface area contributed by atoms with Crippen LogP contribution in [0.25, 0.3) is 0 Å². The van der Waals surface area contributed by atoms with E-state index in [1.807, 2.05) is 32.9 Å². The molecule has 1 aliphatic heterocycles. The summed E-state index contributed by atoms with van der Waals surface area (Å²) in [4.78, 5) is 15.3. The van der Waals surface area contributed by atoms with Gasteiger partial charge in [0.05, 0.1) is 29.9 Å². The molecule has 2 aromatic carbocycles. The van der Waals surface area contributed by atoms with Gasteiger partial charge in [0.15, 0.2) is 11.5 Å². The van der Waals surface area contributed by atoms with Crippen LogP contribution in [0.1, 0.15) is 49.5 Å². The van der Waals surface area contributed by atoms with Crippen LogP contribution in [-0.2, 0) is 5.41 Å². The summed E-state index contributed by atoms with van der Waals surface area (Å²) in [6.45, 7) is 8.00. The van der Waals surface area contributed by atoms with Gasteiger partial charge >= 0.3 is 0 Å². The van der Waals surface area contributed by atoms with E-state index in [9.17, 15) is 9.90 Å². The van der Waals surface area contributed by atoms with Crippen molar-refractivity contribution in [3.8, 4) is 17.2 Å². The second-order valence-corrected chi connectivity index (χ2v) is 8.77. The van der Waals surface area contributed by atoms with Gasteiger partial charge in [-0.2, -0.15) is 0 Å². The van der Waals surface area contributed by atoms with Gasteiger partial charge in [-0.25, -0.2) is 0 Å². The van der Waals surface area contributed by atoms with Crippen molar-refractivity contribution in [1.29, 1.82) is 0 Å². The van der Waals surface area contributed by atoms with Crippen LogP contribution in [0.3, 0.4) is 0 Å². The van der Waals surface area contributed by atoms with Crippen molar-refractivity contribution in [2.45, 2.75) is 39.0 Å². The number of rotatable bonds is 10. The molecule has 1 unspecified atom stereocenters. The summed E-state index contributed by atoms with van der Waals surface area (Å²) in [5, 5.41) is 10.7. The summed E-state index contributed by atoms with van der Waals surface area (Å²) >= 11 is 12.4. The van der Waals surface area contributed by atoms with Gasteiger partial charge < -0.3 is 24.2 Å². The Bertz CT molecular complexity index is 956. The van der Waals surface area contributed by atoms with Crippen LogP contribution in [0.4, 0.5) is 0 Å². The van der Waals surface area contributed by atoms with Gasteiger partial charge in [0.1, 0.15) is 0 Å². The number of carbonyl (C=O) groups is 1. The molecule has 0 aliphatic carbocycles. The number of aliphatic hydroxyl groups excluding tert-OH is 1. The van der Waals surface area contributed by atoms with Crippen LogP contribution >= 0.6 is 23.2 Å². The summed E-state index contributed by atoms with van der Waals surface area (Å²) in [6.07, 6.45) is 1.23. The maximum atomic E-state index is 13.5. The number of amides is 1. The molecule has 33 heavy (non-hydrogen) atoms. The second kappa shape index (κ2) is 11.3. The minimum atomic E-state index is -0.393. The summed E-state index contributed by atoms with van der Waals surface area (Å²) in [5.74, 6) is 1.35. The number of halogens is 2. The lowest BCUT2D eigenvalue weighted by atomic mass is 9.77. The van der Waals surface area contributed by atoms with Crippen molar-refractivity contribution < 1.29 is 24.1 Å². The minimum absolute atomic E-state index is 0.00824. The molecule has 2 aromatic rings. The maximum absolute atomic E-state index is 13.5. The van der Waals surface area contributed by atoms with Crippen molar-refractivity contribution in [3.63, 3.8) is 0 Å². The summed E-state index contributed by atoms with van der Waals surface area (Å²) in [5.41, 5.74) is 1.05. The van der Waals surface area contributed by atoms with Crippen molar-refractivity contribution in [3.05, 3.63) is 51.5 Å². The molecule has 3 rings (SSSR count). The third-order valence-electron chi connectivity index (χ3n) is 5.92. The Morgan fingerprint density at radius 2 is 1.64 bits per heavy atom. The van der Waals surface area contributed by atoms with Crippen LogP contribution in [0.5, 0.6) is 17.2 Å². The Hall–Kier alpha value is -2.15. The first-order valence-corrected chi connectivity index (χ1v) is 12.1. The minimum Gasteiger partial charge on any atom is -0.490 e. The Morgan fingerprint density at radius 3 is 2.18 bits per heavy atom. The summed E-state index contributed by atoms with van der Waals surface area (Å²) in [7, 11) is 0. The molecule has 0 aromatic heterocycles. The number of likely N-dealkylation sites (tertiary alicyclic amines) is 1. The molecule has 1 fully saturated rings. The molecule has 6 nitrogen and oxygen atoms in total. The van der Waals surface area contributed by atoms with E-state index in [2.05, 4.69) is 0 Å². The number of benzene rings is 2. The van der Waals surface area contributed by atoms with Gasteiger partial charge in [-0.15, -0.1) is 0 Å². The highest BCUT2D eigenvalue weighted by Crippen LogP contribution is 2.42. The fourth-order valence-corrected chi connectivity index (χ4v) is 4.66. The first-order valence-electron chi connectivity index (χ1n) is 11.3. The van der Waals surface area contributed by atoms with Crippen molar-refractivity contribution >= 4 is 29.1 Å². The topological polar surface area (TPSA) is 68.2 Å². The molecule has 1 saturated heterocycles. The number of hydrogen-bond donors (Lipinski definition) is 1. The van der Waals surface area contributed by atoms with Gasteiger partial charge in [-0.1, -0.05) is 29.3 Å². The van der Waals surface area contributed by atoms with Crippen LogP contribution in [0, 0.1) is 0 Å². The molecule has 1 aliphatic rings. The average molecular weight is 496 g/mol. The first-order chi connectivity index (χ1) is 15.9. The van der Waals surface area contributed by atoms with E-state index < -0.39 is 5.41 Å². The second-order valence-electron chi connectivity index (χ2n) is 7.96. The van der Waals surface area contributed by atoms with E-state index in [0.29, 0.717) is 78.6 Å². The van der Waals surface area contributed by atoms with Gasteiger partial charge in [0.2, 0.25) is 5.75 Å². The molecule has 1 N–H and O–H groups in total. The Labute approximate surface area is 205 Å². The lowest BCUT2D eigenvalue weighted by Crippen LogP contribution is -2.35. The van der Waals surface area contributed by atoms with Gasteiger partial charge in [0, 0.05) is 30.7 Å². The van der Waals surface area contributed by atoms with Crippen molar-refractivity contribution in [2.75, 3.05) is 39.5 Å². The van der Waals surface area contributed by atoms with Gasteiger partial charge in [0.25, 0.3) is 5.91 Å². The van der Waals surface area contributed by atoms with Gasteiger partial charge in [-0.3, -0.25) is 4.79 Å². The Balaban J connectivity index is 1.94. The predicted octanol–water partition coefficient (Wildman–Crippen LogP) is 5.36. The fraction of sp³-hybridized carbons (Fsp3) is 0.480. The van der Waals surface area contributed by atoms with Gasteiger partial charge in [-0.05, 0) is 63.4 Å². The molecular formula is C25H31Cl2NO5. The highest BCUT2D eigenvalue weighted by atomic mass is 35.5. The van der Waals surface area contributed by atoms with E-state index in [4.69, 9.17) is 37.4 Å². The van der Waals surface area contributed by atoms with Crippen LogP contribution in [0.2, 0.25) is 10.0 Å². The molecule has 0 radical (unpaired) electrons. The fourth-order valence-electron chi connectivity index (χ4n) is 4.36. The van der Waals surface area contributed by atoms with Crippen LogP contribution < -0.4 is 14.2 Å². The zero-order valence-electron chi connectivity index (χ0n) is 19.3. The molecule has 0 bridgehead atoms. The van der Waals surface area contributed by atoms with E-state index in [1.165, 1.54) is 0 Å². The van der Waals surface area contributed by atoms with E-state index >= 15 is 0 Å². The molecule has 0 spiro atoms. The van der Waals surface area contributed by atoms with Crippen LogP contribution in [0.15, 0.2) is 30.3 Å². The molecule has 8 heteroatoms. The number of nitrogens with zero attached hydrogens (tertiary/aromatic N) is 1. The predicted molar refractivity (Wildman–Crippen MR) is 130 cm³/mol. The molecule has 1 atom stereocenters. The van der Waals surface area contributed by atoms with E-state index in [-0.39, 0.29) is 12.5 Å². The third kappa shape index (κ3) is 5.51. The average Bonchev–Trinajstić information content (AvgIpc) is 3.23. The SMILES string of the molecule is CCOc1cc(C(=O)N2CCC(CCO)(c3ccc(Cl)c(Cl)c3)C2)cc(OCC)c1OCC. The molecular weight excluding hydrogens is 465 g/mol. The number of hydrogen-bond acceptors (Lipinski definition) is 5. The van der Waals surface area contributed by atoms with E-state index in [0.717, 1.165) is 5.56 Å². The normalized spacial score (nSPS) is 17.8. The number of carbonyl (C=O) groups excluding carboxylic acids is 1. The molecule has 1 heterocycles. The highest BCUT2D eigenvalue weighted by molar-refractivity contribution is 6.42. The summed E-state index contributed by atoms with van der Waals surface area (Å²) < 4.78 is 17.3. The number of aliphatic hydroxyl groups is 1. The third-order valence-corrected chi connectivity index (χ3v) is 6.66. The number of ether oxygens (including phenoxy) is 3.